The Bertz CT molecular complexity index is 1970. The number of halogens is 2. The maximum absolute atomic E-state index is 16.8. The molecule has 6 heterocycles. The second-order valence-electron chi connectivity index (χ2n) is 13.8. The summed E-state index contributed by atoms with van der Waals surface area (Å²) in [5, 5.41) is 32.8. The van der Waals surface area contributed by atoms with Gasteiger partial charge in [0.05, 0.1) is 24.1 Å². The Labute approximate surface area is 319 Å². The van der Waals surface area contributed by atoms with E-state index in [1.165, 1.54) is 17.2 Å². The van der Waals surface area contributed by atoms with E-state index in [-0.39, 0.29) is 47.1 Å². The number of anilines is 1. The Morgan fingerprint density at radius 1 is 1.08 bits per heavy atom. The van der Waals surface area contributed by atoms with E-state index in [1.807, 2.05) is 11.8 Å². The van der Waals surface area contributed by atoms with E-state index >= 15 is 4.39 Å². The second kappa shape index (κ2) is 17.0. The summed E-state index contributed by atoms with van der Waals surface area (Å²) in [6.07, 6.45) is 11.0. The summed E-state index contributed by atoms with van der Waals surface area (Å²) in [4.78, 5) is 18.5. The molecule has 12 nitrogen and oxygen atoms in total. The fourth-order valence-corrected chi connectivity index (χ4v) is 7.98. The average molecular weight is 767 g/mol. The van der Waals surface area contributed by atoms with Gasteiger partial charge in [0.2, 0.25) is 0 Å². The smallest absolute Gasteiger partial charge is 0.319 e. The van der Waals surface area contributed by atoms with E-state index in [0.717, 1.165) is 50.9 Å². The fourth-order valence-electron chi connectivity index (χ4n) is 7.98. The van der Waals surface area contributed by atoms with E-state index in [1.54, 1.807) is 24.4 Å². The average Bonchev–Trinajstić information content (AvgIpc) is 3.64. The summed E-state index contributed by atoms with van der Waals surface area (Å²) in [6, 6.07) is 6.00. The summed E-state index contributed by atoms with van der Waals surface area (Å²) >= 11 is 0. The molecule has 8 rings (SSSR count). The van der Waals surface area contributed by atoms with Gasteiger partial charge in [-0.05, 0) is 99.2 Å². The fraction of sp³-hybridized carbons (Fsp3) is 0.474. The number of hydroxylamine groups is 2. The van der Waals surface area contributed by atoms with E-state index in [9.17, 15) is 9.50 Å². The summed E-state index contributed by atoms with van der Waals surface area (Å²) in [7, 11) is 0. The molecule has 2 aromatic carbocycles. The molecule has 0 bridgehead atoms. The van der Waals surface area contributed by atoms with Gasteiger partial charge in [-0.1, -0.05) is 13.0 Å². The van der Waals surface area contributed by atoms with Crippen LogP contribution >= 0.6 is 0 Å². The van der Waals surface area contributed by atoms with E-state index in [0.29, 0.717) is 92.1 Å². The van der Waals surface area contributed by atoms with E-state index in [2.05, 4.69) is 26.4 Å². The first-order chi connectivity index (χ1) is 25.3. The normalized spacial score (nSPS) is 19.6. The third kappa shape index (κ3) is 8.13. The van der Waals surface area contributed by atoms with E-state index < -0.39 is 11.6 Å². The van der Waals surface area contributed by atoms with Gasteiger partial charge in [0.15, 0.2) is 5.82 Å². The first-order valence-electron chi connectivity index (χ1n) is 18.1. The molecule has 15 heteroatoms. The molecular weight excluding hydrogens is 721 g/mol. The molecule has 281 valence electrons. The Morgan fingerprint density at radius 3 is 2.55 bits per heavy atom. The number of rotatable bonds is 7. The molecule has 4 aliphatic heterocycles. The van der Waals surface area contributed by atoms with Crippen LogP contribution in [0.15, 0.2) is 42.2 Å². The van der Waals surface area contributed by atoms with Crippen molar-refractivity contribution in [3.8, 4) is 23.0 Å². The summed E-state index contributed by atoms with van der Waals surface area (Å²) < 4.78 is 43.1. The number of pyridine rings is 1. The Morgan fingerprint density at radius 2 is 1.85 bits per heavy atom. The standard InChI is InChI=1S/C34H36F2N7O2.C4H9NO2.V/c1-2-24-27(35)7-6-21-16-23(44)17-25(28(21)24)30-29(36)31-26(18-39-30)32(42-13-5-12-38-22(19-42)8-11-37)41-33(40-31)45-20-34-9-3-14-43(34)15-4-10-34;6-5-1-3-7-4-2-5;/h6-8,16-18,37-38,44H,2-5,9-10,12-15,19-20H2,1H3;6H,1-4H2;/q-1;;/b22-8-;;. The predicted molar refractivity (Wildman–Crippen MR) is 194 cm³/mol. The Balaban J connectivity index is 0.000000541. The molecule has 0 saturated carbocycles. The zero-order valence-electron chi connectivity index (χ0n) is 29.9. The van der Waals surface area contributed by atoms with Crippen molar-refractivity contribution in [3.63, 3.8) is 0 Å². The quantitative estimate of drug-likeness (QED) is 0.144. The third-order valence-electron chi connectivity index (χ3n) is 10.5. The molecule has 0 unspecified atom stereocenters. The zero-order chi connectivity index (χ0) is 36.2. The first kappa shape index (κ1) is 38.8. The van der Waals surface area contributed by atoms with Crippen molar-refractivity contribution in [1.82, 2.24) is 30.2 Å². The van der Waals surface area contributed by atoms with Gasteiger partial charge in [0.25, 0.3) is 0 Å². The number of phenols is 1. The van der Waals surface area contributed by atoms with Crippen molar-refractivity contribution >= 4 is 33.7 Å². The number of hydrogen-bond donors (Lipinski definition) is 4. The van der Waals surface area contributed by atoms with Crippen LogP contribution in [-0.4, -0.2) is 113 Å². The largest absolute Gasteiger partial charge is 0.508 e. The molecular formula is C38H45F2N8O4V-. The molecule has 0 atom stereocenters. The number of nitrogens with zero attached hydrogens (tertiary/aromatic N) is 6. The van der Waals surface area contributed by atoms with Gasteiger partial charge in [-0.2, -0.15) is 27.3 Å². The SMILES string of the molecule is CCc1c(F)ccc2cc(O)cc(-c3ncc4c(N5CCCN/C(=C\[C-]=N)C5)nc(OCC56CCCN5CCC6)nc4c3F)c12.ON1CCOCC1.[V]. The monoisotopic (exact) mass is 766 g/mol. The third-order valence-corrected chi connectivity index (χ3v) is 10.5. The summed E-state index contributed by atoms with van der Waals surface area (Å²) in [6.45, 7) is 8.75. The maximum atomic E-state index is 16.8. The van der Waals surface area contributed by atoms with Crippen LogP contribution in [0.1, 0.15) is 44.6 Å². The van der Waals surface area contributed by atoms with Crippen molar-refractivity contribution in [1.29, 1.82) is 5.41 Å². The molecule has 2 aromatic heterocycles. The van der Waals surface area contributed by atoms with Gasteiger partial charge in [-0.3, -0.25) is 9.88 Å². The van der Waals surface area contributed by atoms with Crippen molar-refractivity contribution in [2.24, 2.45) is 0 Å². The van der Waals surface area contributed by atoms with Crippen LogP contribution in [0.3, 0.4) is 0 Å². The number of hydrogen-bond acceptors (Lipinski definition) is 12. The second-order valence-corrected chi connectivity index (χ2v) is 13.8. The van der Waals surface area contributed by atoms with Gasteiger partial charge in [0.1, 0.15) is 35.2 Å². The number of morpholine rings is 1. The first-order valence-corrected chi connectivity index (χ1v) is 18.1. The molecule has 4 N–H and O–H groups in total. The minimum atomic E-state index is -0.697. The van der Waals surface area contributed by atoms with Gasteiger partial charge in [-0.25, -0.2) is 8.78 Å². The molecule has 4 fully saturated rings. The van der Waals surface area contributed by atoms with Gasteiger partial charge >= 0.3 is 6.01 Å². The minimum Gasteiger partial charge on any atom is -0.508 e. The number of aromatic nitrogens is 3. The van der Waals surface area contributed by atoms with Crippen molar-refractivity contribution in [3.05, 3.63) is 59.4 Å². The minimum absolute atomic E-state index is 0. The summed E-state index contributed by atoms with van der Waals surface area (Å²) in [5.41, 5.74) is 1.47. The summed E-state index contributed by atoms with van der Waals surface area (Å²) in [5.74, 6) is -0.680. The van der Waals surface area contributed by atoms with Crippen LogP contribution < -0.4 is 15.0 Å². The van der Waals surface area contributed by atoms with Crippen LogP contribution in [0.2, 0.25) is 0 Å². The van der Waals surface area contributed by atoms with Crippen LogP contribution in [0.25, 0.3) is 32.9 Å². The molecule has 0 amide bonds. The number of nitrogens with one attached hydrogen (secondary N) is 2. The van der Waals surface area contributed by atoms with Crippen LogP contribution in [0.5, 0.6) is 11.8 Å². The van der Waals surface area contributed by atoms with E-state index in [4.69, 9.17) is 25.1 Å². The molecule has 1 radical (unpaired) electrons. The van der Waals surface area contributed by atoms with Crippen molar-refractivity contribution in [2.45, 2.75) is 51.0 Å². The Hall–Kier alpha value is -3.92. The van der Waals surface area contributed by atoms with Crippen molar-refractivity contribution in [2.75, 3.05) is 70.5 Å². The number of benzene rings is 2. The number of ether oxygens (including phenoxy) is 2. The van der Waals surface area contributed by atoms with Crippen LogP contribution in [-0.2, 0) is 29.7 Å². The molecule has 4 aliphatic rings. The van der Waals surface area contributed by atoms with Crippen molar-refractivity contribution < 1.29 is 47.1 Å². The molecule has 4 saturated heterocycles. The Kier molecular flexibility index (Phi) is 12.5. The van der Waals surface area contributed by atoms with Gasteiger partial charge in [0, 0.05) is 50.0 Å². The molecule has 0 spiro atoms. The predicted octanol–water partition coefficient (Wildman–Crippen LogP) is 5.31. The van der Waals surface area contributed by atoms with Gasteiger partial charge < -0.3 is 35.4 Å². The number of aromatic hydroxyl groups is 1. The number of aryl methyl sites for hydroxylation is 1. The van der Waals surface area contributed by atoms with Crippen LogP contribution in [0.4, 0.5) is 14.6 Å². The topological polar surface area (TPSA) is 143 Å². The van der Waals surface area contributed by atoms with Crippen LogP contribution in [0, 0.1) is 17.0 Å². The molecule has 53 heavy (non-hydrogen) atoms. The zero-order valence-corrected chi connectivity index (χ0v) is 31.3. The molecule has 4 aromatic rings. The molecule has 0 aliphatic carbocycles. The number of allylic oxidation sites excluding steroid dienone is 1. The number of fused-ring (bicyclic) bond motifs is 3. The van der Waals surface area contributed by atoms with Gasteiger partial charge in [-0.15, -0.1) is 5.70 Å². The maximum Gasteiger partial charge on any atom is 0.319 e. The number of phenolic OH excluding ortho intramolecular Hbond substituents is 1.